The molecular formula is C11H16N6S. The highest BCUT2D eigenvalue weighted by atomic mass is 32.2. The fraction of sp³-hybridized carbons (Fsp3) is 0.364. The van der Waals surface area contributed by atoms with Crippen molar-refractivity contribution in [1.29, 1.82) is 0 Å². The third-order valence-corrected chi connectivity index (χ3v) is 3.03. The standard InChI is InChI=1S/C11H16N6S/c1-7-8(6-17(2)16-7)5-13-10-4-9(12)14-11(15-10)18-3/h4,6H,5H2,1-3H3,(H3,12,13,14,15). The monoisotopic (exact) mass is 264 g/mol. The normalized spacial score (nSPS) is 10.6. The van der Waals surface area contributed by atoms with Crippen LogP contribution >= 0.6 is 11.8 Å². The molecule has 0 saturated heterocycles. The molecule has 0 amide bonds. The first-order valence-electron chi connectivity index (χ1n) is 5.50. The lowest BCUT2D eigenvalue weighted by atomic mass is 10.2. The van der Waals surface area contributed by atoms with E-state index in [1.807, 2.05) is 26.4 Å². The van der Waals surface area contributed by atoms with E-state index < -0.39 is 0 Å². The molecule has 2 heterocycles. The molecule has 0 unspecified atom stereocenters. The molecule has 6 nitrogen and oxygen atoms in total. The van der Waals surface area contributed by atoms with Crippen LogP contribution in [-0.4, -0.2) is 26.0 Å². The van der Waals surface area contributed by atoms with Crippen molar-refractivity contribution in [3.63, 3.8) is 0 Å². The number of nitrogens with zero attached hydrogens (tertiary/aromatic N) is 4. The Labute approximate surface area is 110 Å². The minimum Gasteiger partial charge on any atom is -0.383 e. The number of hydrogen-bond donors (Lipinski definition) is 2. The van der Waals surface area contributed by atoms with Crippen LogP contribution in [0.1, 0.15) is 11.3 Å². The first kappa shape index (κ1) is 12.7. The molecular weight excluding hydrogens is 248 g/mol. The summed E-state index contributed by atoms with van der Waals surface area (Å²) in [4.78, 5) is 8.44. The summed E-state index contributed by atoms with van der Waals surface area (Å²) in [5.41, 5.74) is 7.87. The van der Waals surface area contributed by atoms with Gasteiger partial charge in [0.05, 0.1) is 5.69 Å². The van der Waals surface area contributed by atoms with E-state index in [0.29, 0.717) is 17.5 Å². The van der Waals surface area contributed by atoms with Crippen molar-refractivity contribution in [2.45, 2.75) is 18.6 Å². The molecule has 18 heavy (non-hydrogen) atoms. The summed E-state index contributed by atoms with van der Waals surface area (Å²) in [6, 6.07) is 1.73. The highest BCUT2D eigenvalue weighted by Gasteiger charge is 2.05. The predicted octanol–water partition coefficient (Wildman–Crippen LogP) is 1.43. The lowest BCUT2D eigenvalue weighted by Gasteiger charge is -2.06. The van der Waals surface area contributed by atoms with Crippen LogP contribution in [0.25, 0.3) is 0 Å². The molecule has 0 bridgehead atoms. The van der Waals surface area contributed by atoms with Gasteiger partial charge in [-0.25, -0.2) is 9.97 Å². The summed E-state index contributed by atoms with van der Waals surface area (Å²) < 4.78 is 1.80. The second-order valence-corrected chi connectivity index (χ2v) is 4.71. The molecule has 2 rings (SSSR count). The number of thioether (sulfide) groups is 1. The Balaban J connectivity index is 2.10. The molecule has 0 aromatic carbocycles. The van der Waals surface area contributed by atoms with Gasteiger partial charge >= 0.3 is 0 Å². The summed E-state index contributed by atoms with van der Waals surface area (Å²) in [6.45, 7) is 2.66. The van der Waals surface area contributed by atoms with Crippen LogP contribution in [-0.2, 0) is 13.6 Å². The highest BCUT2D eigenvalue weighted by molar-refractivity contribution is 7.98. The van der Waals surface area contributed by atoms with E-state index in [9.17, 15) is 0 Å². The van der Waals surface area contributed by atoms with E-state index in [1.165, 1.54) is 11.8 Å². The minimum atomic E-state index is 0.472. The van der Waals surface area contributed by atoms with Gasteiger partial charge in [0.25, 0.3) is 0 Å². The molecule has 0 fully saturated rings. The molecule has 0 radical (unpaired) electrons. The number of nitrogen functional groups attached to an aromatic ring is 1. The van der Waals surface area contributed by atoms with Crippen molar-refractivity contribution < 1.29 is 0 Å². The minimum absolute atomic E-state index is 0.472. The van der Waals surface area contributed by atoms with Crippen molar-refractivity contribution in [1.82, 2.24) is 19.7 Å². The first-order chi connectivity index (χ1) is 8.58. The van der Waals surface area contributed by atoms with Gasteiger partial charge in [0.15, 0.2) is 5.16 Å². The Morgan fingerprint density at radius 1 is 1.44 bits per heavy atom. The smallest absolute Gasteiger partial charge is 0.191 e. The zero-order valence-electron chi connectivity index (χ0n) is 10.6. The summed E-state index contributed by atoms with van der Waals surface area (Å²) in [5, 5.41) is 8.19. The van der Waals surface area contributed by atoms with Crippen molar-refractivity contribution in [2.24, 2.45) is 7.05 Å². The van der Waals surface area contributed by atoms with Gasteiger partial charge < -0.3 is 11.1 Å². The number of hydrogen-bond acceptors (Lipinski definition) is 6. The van der Waals surface area contributed by atoms with Crippen LogP contribution in [0.4, 0.5) is 11.6 Å². The lowest BCUT2D eigenvalue weighted by molar-refractivity contribution is 0.756. The summed E-state index contributed by atoms with van der Waals surface area (Å²) in [6.07, 6.45) is 3.91. The maximum Gasteiger partial charge on any atom is 0.191 e. The molecule has 0 saturated carbocycles. The average molecular weight is 264 g/mol. The quantitative estimate of drug-likeness (QED) is 0.642. The number of rotatable bonds is 4. The zero-order chi connectivity index (χ0) is 13.1. The fourth-order valence-electron chi connectivity index (χ4n) is 1.63. The van der Waals surface area contributed by atoms with E-state index >= 15 is 0 Å². The Bertz CT molecular complexity index is 550. The van der Waals surface area contributed by atoms with Crippen LogP contribution in [0, 0.1) is 6.92 Å². The molecule has 0 spiro atoms. The zero-order valence-corrected chi connectivity index (χ0v) is 11.5. The third-order valence-electron chi connectivity index (χ3n) is 2.48. The molecule has 3 N–H and O–H groups in total. The average Bonchev–Trinajstić information content (AvgIpc) is 2.64. The van der Waals surface area contributed by atoms with Gasteiger partial charge in [0.2, 0.25) is 0 Å². The van der Waals surface area contributed by atoms with Crippen LogP contribution in [0.2, 0.25) is 0 Å². The number of nitrogens with one attached hydrogen (secondary N) is 1. The van der Waals surface area contributed by atoms with Crippen molar-refractivity contribution in [3.05, 3.63) is 23.5 Å². The Morgan fingerprint density at radius 2 is 2.22 bits per heavy atom. The van der Waals surface area contributed by atoms with Crippen LogP contribution in [0.3, 0.4) is 0 Å². The van der Waals surface area contributed by atoms with Crippen molar-refractivity contribution in [3.8, 4) is 0 Å². The Morgan fingerprint density at radius 3 is 2.83 bits per heavy atom. The molecule has 0 aliphatic carbocycles. The largest absolute Gasteiger partial charge is 0.383 e. The van der Waals surface area contributed by atoms with Crippen LogP contribution < -0.4 is 11.1 Å². The Kier molecular flexibility index (Phi) is 3.71. The van der Waals surface area contributed by atoms with Gasteiger partial charge in [-0.3, -0.25) is 4.68 Å². The van der Waals surface area contributed by atoms with Gasteiger partial charge in [0.1, 0.15) is 11.6 Å². The van der Waals surface area contributed by atoms with Crippen LogP contribution in [0.15, 0.2) is 17.4 Å². The summed E-state index contributed by atoms with van der Waals surface area (Å²) >= 11 is 1.47. The molecule has 2 aromatic rings. The number of nitrogens with two attached hydrogens (primary N) is 1. The highest BCUT2D eigenvalue weighted by Crippen LogP contribution is 2.16. The van der Waals surface area contributed by atoms with Gasteiger partial charge in [-0.1, -0.05) is 11.8 Å². The predicted molar refractivity (Wildman–Crippen MR) is 73.5 cm³/mol. The van der Waals surface area contributed by atoms with E-state index in [0.717, 1.165) is 17.1 Å². The van der Waals surface area contributed by atoms with E-state index in [4.69, 9.17) is 5.73 Å². The Hall–Kier alpha value is -1.76. The van der Waals surface area contributed by atoms with E-state index in [-0.39, 0.29) is 0 Å². The second kappa shape index (κ2) is 5.26. The van der Waals surface area contributed by atoms with Gasteiger partial charge in [-0.15, -0.1) is 0 Å². The molecule has 0 aliphatic heterocycles. The van der Waals surface area contributed by atoms with E-state index in [2.05, 4.69) is 20.4 Å². The lowest BCUT2D eigenvalue weighted by Crippen LogP contribution is -2.04. The fourth-order valence-corrected chi connectivity index (χ4v) is 2.02. The topological polar surface area (TPSA) is 81.6 Å². The summed E-state index contributed by atoms with van der Waals surface area (Å²) in [7, 11) is 1.91. The first-order valence-corrected chi connectivity index (χ1v) is 6.72. The van der Waals surface area contributed by atoms with Crippen molar-refractivity contribution >= 4 is 23.4 Å². The number of aryl methyl sites for hydroxylation is 2. The molecule has 0 aliphatic rings. The second-order valence-electron chi connectivity index (χ2n) is 3.93. The maximum atomic E-state index is 5.72. The summed E-state index contributed by atoms with van der Waals surface area (Å²) in [5.74, 6) is 1.20. The number of anilines is 2. The number of aromatic nitrogens is 4. The van der Waals surface area contributed by atoms with Gasteiger partial charge in [-0.2, -0.15) is 5.10 Å². The molecule has 0 atom stereocenters. The third kappa shape index (κ3) is 2.92. The SMILES string of the molecule is CSc1nc(N)cc(NCc2cn(C)nc2C)n1. The van der Waals surface area contributed by atoms with E-state index in [1.54, 1.807) is 10.7 Å². The van der Waals surface area contributed by atoms with Crippen molar-refractivity contribution in [2.75, 3.05) is 17.3 Å². The van der Waals surface area contributed by atoms with Crippen LogP contribution in [0.5, 0.6) is 0 Å². The van der Waals surface area contributed by atoms with Gasteiger partial charge in [0, 0.05) is 31.4 Å². The molecule has 7 heteroatoms. The van der Waals surface area contributed by atoms with Gasteiger partial charge in [-0.05, 0) is 13.2 Å². The maximum absolute atomic E-state index is 5.72. The molecule has 2 aromatic heterocycles. The molecule has 96 valence electrons.